The van der Waals surface area contributed by atoms with Crippen LogP contribution in [0.15, 0.2) is 12.1 Å². The summed E-state index contributed by atoms with van der Waals surface area (Å²) in [5.41, 5.74) is 0.0642. The Morgan fingerprint density at radius 2 is 1.94 bits per heavy atom. The van der Waals surface area contributed by atoms with Gasteiger partial charge in [-0.3, -0.25) is 4.79 Å². The average Bonchev–Trinajstić information content (AvgIpc) is 2.30. The Labute approximate surface area is 110 Å². The summed E-state index contributed by atoms with van der Waals surface area (Å²) in [6.07, 6.45) is 0. The van der Waals surface area contributed by atoms with E-state index in [1.54, 1.807) is 0 Å². The van der Waals surface area contributed by atoms with Crippen LogP contribution < -0.4 is 5.32 Å². The largest absolute Gasteiger partial charge is 0.350 e. The van der Waals surface area contributed by atoms with Gasteiger partial charge in [-0.05, 0) is 24.5 Å². The lowest BCUT2D eigenvalue weighted by atomic mass is 10.1. The number of hydrogen-bond acceptors (Lipinski definition) is 1. The van der Waals surface area contributed by atoms with Crippen molar-refractivity contribution < 1.29 is 13.6 Å². The lowest BCUT2D eigenvalue weighted by Gasteiger charge is -2.14. The highest BCUT2D eigenvalue weighted by Gasteiger charge is 2.16. The maximum absolute atomic E-state index is 13.4. The summed E-state index contributed by atoms with van der Waals surface area (Å²) in [6.45, 7) is 5.57. The normalized spacial score (nSPS) is 12.6. The number of alkyl halides is 1. The number of nitrogens with one attached hydrogen (secondary N) is 1. The van der Waals surface area contributed by atoms with Crippen molar-refractivity contribution in [2.45, 2.75) is 26.1 Å². The van der Waals surface area contributed by atoms with Crippen LogP contribution in [0.4, 0.5) is 8.78 Å². The number of hydrogen-bond donors (Lipinski definition) is 1. The van der Waals surface area contributed by atoms with Gasteiger partial charge in [0.25, 0.3) is 5.91 Å². The van der Waals surface area contributed by atoms with Gasteiger partial charge < -0.3 is 5.32 Å². The van der Waals surface area contributed by atoms with E-state index in [1.807, 2.05) is 13.8 Å². The van der Waals surface area contributed by atoms with Crippen molar-refractivity contribution in [2.24, 2.45) is 5.92 Å². The van der Waals surface area contributed by atoms with E-state index in [-0.39, 0.29) is 29.0 Å². The molecule has 1 aromatic carbocycles. The SMILES string of the molecule is Cc1cc(C(=O)NCC(Cl)C(C)C)c(F)cc1F. The van der Waals surface area contributed by atoms with Crippen LogP contribution in [0.3, 0.4) is 0 Å². The van der Waals surface area contributed by atoms with Crippen molar-refractivity contribution in [2.75, 3.05) is 6.54 Å². The van der Waals surface area contributed by atoms with Crippen molar-refractivity contribution in [3.05, 3.63) is 34.9 Å². The van der Waals surface area contributed by atoms with Crippen LogP contribution in [0.1, 0.15) is 29.8 Å². The number of carbonyl (C=O) groups excluding carboxylic acids is 1. The zero-order valence-corrected chi connectivity index (χ0v) is 11.3. The molecule has 5 heteroatoms. The first-order valence-corrected chi connectivity index (χ1v) is 6.14. The van der Waals surface area contributed by atoms with Crippen molar-refractivity contribution in [3.63, 3.8) is 0 Å². The zero-order chi connectivity index (χ0) is 13.9. The molecule has 1 amide bonds. The first kappa shape index (κ1) is 14.9. The Hall–Kier alpha value is -1.16. The number of halogens is 3. The highest BCUT2D eigenvalue weighted by Crippen LogP contribution is 2.14. The van der Waals surface area contributed by atoms with E-state index in [1.165, 1.54) is 13.0 Å². The molecule has 0 radical (unpaired) electrons. The summed E-state index contributed by atoms with van der Waals surface area (Å²) in [7, 11) is 0. The Balaban J connectivity index is 2.76. The minimum absolute atomic E-state index is 0.165. The zero-order valence-electron chi connectivity index (χ0n) is 10.6. The summed E-state index contributed by atoms with van der Waals surface area (Å²) in [6, 6.07) is 1.91. The van der Waals surface area contributed by atoms with Gasteiger partial charge in [0, 0.05) is 12.6 Å². The van der Waals surface area contributed by atoms with Crippen LogP contribution in [0, 0.1) is 24.5 Å². The minimum Gasteiger partial charge on any atom is -0.350 e. The van der Waals surface area contributed by atoms with Crippen molar-refractivity contribution in [1.82, 2.24) is 5.32 Å². The molecular weight excluding hydrogens is 260 g/mol. The lowest BCUT2D eigenvalue weighted by molar-refractivity contribution is 0.0948. The van der Waals surface area contributed by atoms with E-state index in [0.29, 0.717) is 6.07 Å². The predicted molar refractivity (Wildman–Crippen MR) is 67.9 cm³/mol. The smallest absolute Gasteiger partial charge is 0.254 e. The number of aryl methyl sites for hydroxylation is 1. The maximum atomic E-state index is 13.4. The van der Waals surface area contributed by atoms with Crippen LogP contribution in [-0.2, 0) is 0 Å². The molecule has 0 aromatic heterocycles. The highest BCUT2D eigenvalue weighted by atomic mass is 35.5. The van der Waals surface area contributed by atoms with E-state index < -0.39 is 17.5 Å². The molecule has 100 valence electrons. The molecular formula is C13H16ClF2NO. The lowest BCUT2D eigenvalue weighted by Crippen LogP contribution is -2.32. The average molecular weight is 276 g/mol. The van der Waals surface area contributed by atoms with E-state index in [0.717, 1.165) is 0 Å². The van der Waals surface area contributed by atoms with Crippen molar-refractivity contribution in [3.8, 4) is 0 Å². The molecule has 1 aromatic rings. The van der Waals surface area contributed by atoms with Gasteiger partial charge in [0.15, 0.2) is 0 Å². The van der Waals surface area contributed by atoms with Crippen LogP contribution in [-0.4, -0.2) is 17.8 Å². The molecule has 1 N–H and O–H groups in total. The Morgan fingerprint density at radius 3 is 2.50 bits per heavy atom. The molecule has 0 bridgehead atoms. The summed E-state index contributed by atoms with van der Waals surface area (Å²) in [4.78, 5) is 11.7. The third-order valence-electron chi connectivity index (χ3n) is 2.67. The minimum atomic E-state index is -0.869. The van der Waals surface area contributed by atoms with Crippen LogP contribution >= 0.6 is 11.6 Å². The van der Waals surface area contributed by atoms with Gasteiger partial charge in [-0.1, -0.05) is 13.8 Å². The van der Waals surface area contributed by atoms with Crippen molar-refractivity contribution in [1.29, 1.82) is 0 Å². The summed E-state index contributed by atoms with van der Waals surface area (Å²) >= 11 is 5.98. The molecule has 0 aliphatic rings. The summed E-state index contributed by atoms with van der Waals surface area (Å²) in [5, 5.41) is 2.31. The fourth-order valence-electron chi connectivity index (χ4n) is 1.35. The second-order valence-corrected chi connectivity index (χ2v) is 5.11. The van der Waals surface area contributed by atoms with E-state index >= 15 is 0 Å². The summed E-state index contributed by atoms with van der Waals surface area (Å²) < 4.78 is 26.5. The molecule has 1 unspecified atom stereocenters. The fourth-order valence-corrected chi connectivity index (χ4v) is 1.43. The van der Waals surface area contributed by atoms with Crippen LogP contribution in [0.5, 0.6) is 0 Å². The molecule has 0 spiro atoms. The van der Waals surface area contributed by atoms with Crippen molar-refractivity contribution >= 4 is 17.5 Å². The Kier molecular flexibility index (Phi) is 5.08. The van der Waals surface area contributed by atoms with Gasteiger partial charge >= 0.3 is 0 Å². The molecule has 0 aliphatic carbocycles. The Morgan fingerprint density at radius 1 is 1.33 bits per heavy atom. The third-order valence-corrected chi connectivity index (χ3v) is 3.33. The van der Waals surface area contributed by atoms with Gasteiger partial charge in [-0.2, -0.15) is 0 Å². The first-order valence-electron chi connectivity index (χ1n) is 5.70. The topological polar surface area (TPSA) is 29.1 Å². The van der Waals surface area contributed by atoms with E-state index in [2.05, 4.69) is 5.32 Å². The van der Waals surface area contributed by atoms with Gasteiger partial charge in [0.05, 0.1) is 10.9 Å². The third kappa shape index (κ3) is 3.67. The number of benzene rings is 1. The summed E-state index contributed by atoms with van der Waals surface area (Å²) in [5.74, 6) is -1.92. The predicted octanol–water partition coefficient (Wildman–Crippen LogP) is 3.27. The second kappa shape index (κ2) is 6.14. The highest BCUT2D eigenvalue weighted by molar-refractivity contribution is 6.21. The van der Waals surface area contributed by atoms with Gasteiger partial charge in [-0.15, -0.1) is 11.6 Å². The second-order valence-electron chi connectivity index (χ2n) is 4.55. The molecule has 18 heavy (non-hydrogen) atoms. The molecule has 0 saturated heterocycles. The molecule has 0 saturated carbocycles. The quantitative estimate of drug-likeness (QED) is 0.840. The van der Waals surface area contributed by atoms with Crippen LogP contribution in [0.2, 0.25) is 0 Å². The van der Waals surface area contributed by atoms with Gasteiger partial charge in [0.2, 0.25) is 0 Å². The molecule has 0 heterocycles. The molecule has 2 nitrogen and oxygen atoms in total. The van der Waals surface area contributed by atoms with E-state index in [4.69, 9.17) is 11.6 Å². The van der Waals surface area contributed by atoms with Crippen LogP contribution in [0.25, 0.3) is 0 Å². The monoisotopic (exact) mass is 275 g/mol. The van der Waals surface area contributed by atoms with E-state index in [9.17, 15) is 13.6 Å². The first-order chi connectivity index (χ1) is 8.32. The fraction of sp³-hybridized carbons (Fsp3) is 0.462. The molecule has 0 aliphatic heterocycles. The Bertz CT molecular complexity index is 449. The maximum Gasteiger partial charge on any atom is 0.254 e. The standard InChI is InChI=1S/C13H16ClF2NO/c1-7(2)10(14)6-17-13(18)9-4-8(3)11(15)5-12(9)16/h4-5,7,10H,6H2,1-3H3,(H,17,18). The van der Waals surface area contributed by atoms with Gasteiger partial charge in [0.1, 0.15) is 11.6 Å². The number of carbonyl (C=O) groups is 1. The molecule has 1 atom stereocenters. The molecule has 1 rings (SSSR count). The number of rotatable bonds is 4. The molecule has 0 fully saturated rings. The van der Waals surface area contributed by atoms with Gasteiger partial charge in [-0.25, -0.2) is 8.78 Å². The number of amides is 1.